The van der Waals surface area contributed by atoms with E-state index in [1.54, 1.807) is 0 Å². The quantitative estimate of drug-likeness (QED) is 0.304. The van der Waals surface area contributed by atoms with Gasteiger partial charge in [0, 0.05) is 0 Å². The first-order valence-corrected chi connectivity index (χ1v) is 1.64. The Morgan fingerprint density at radius 2 is 0.571 bits per heavy atom. The summed E-state index contributed by atoms with van der Waals surface area (Å²) in [6.45, 7) is 0. The van der Waals surface area contributed by atoms with Gasteiger partial charge >= 0.3 is 39.4 Å². The Labute approximate surface area is 101 Å². The molecule has 0 amide bonds. The molecule has 0 fully saturated rings. The molecule has 12 nitrogen and oxygen atoms in total. The molecule has 0 aromatic carbocycles. The fourth-order valence-electron chi connectivity index (χ4n) is 0. The summed E-state index contributed by atoms with van der Waals surface area (Å²) in [5.41, 5.74) is 0. The van der Waals surface area contributed by atoms with Crippen LogP contribution in [0.15, 0.2) is 0 Å². The van der Waals surface area contributed by atoms with E-state index in [-0.39, 0.29) is 39.4 Å². The smallest absolute Gasteiger partial charge is 0.356 e. The van der Waals surface area contributed by atoms with E-state index in [4.69, 9.17) is 46.0 Å². The Morgan fingerprint density at radius 1 is 0.571 bits per heavy atom. The Kier molecular flexibility index (Phi) is 47.4. The fraction of sp³-hybridized carbons (Fsp3) is 0. The summed E-state index contributed by atoms with van der Waals surface area (Å²) in [7, 11) is 0. The van der Waals surface area contributed by atoms with Crippen molar-refractivity contribution in [3.8, 4) is 0 Å². The molecule has 0 saturated heterocycles. The molecule has 14 heavy (non-hydrogen) atoms. The predicted molar refractivity (Wildman–Crippen MR) is 31.1 cm³/mol. The molecule has 1 radical (unpaired) electrons. The van der Waals surface area contributed by atoms with Crippen LogP contribution in [0.2, 0.25) is 0 Å². The van der Waals surface area contributed by atoms with Gasteiger partial charge in [-0.2, -0.15) is 0 Å². The van der Waals surface area contributed by atoms with Gasteiger partial charge in [0.05, 0.1) is 15.3 Å². The third-order valence-corrected chi connectivity index (χ3v) is 0. The van der Waals surface area contributed by atoms with E-state index in [1.165, 1.54) is 0 Å². The Balaban J connectivity index is -0.0000000270. The summed E-state index contributed by atoms with van der Waals surface area (Å²) in [5.74, 6) is 0. The van der Waals surface area contributed by atoms with Crippen molar-refractivity contribution in [1.82, 2.24) is 0 Å². The van der Waals surface area contributed by atoms with Crippen molar-refractivity contribution in [2.45, 2.75) is 0 Å². The molecule has 0 saturated carbocycles. The van der Waals surface area contributed by atoms with Crippen LogP contribution in [0.3, 0.4) is 0 Å². The minimum atomic E-state index is -1.75. The number of hydrogen-bond donors (Lipinski definition) is 0. The SMILES string of the molecule is O=[N+]([O-])[O-].O=[N+]([O-])[O-].O=[N+]([O-])[O-].[Ag+].[Cu+2]. The van der Waals surface area contributed by atoms with Crippen LogP contribution in [0.25, 0.3) is 0 Å². The molecule has 0 spiro atoms. The van der Waals surface area contributed by atoms with Gasteiger partial charge in [-0.15, -0.1) is 0 Å². The van der Waals surface area contributed by atoms with Crippen molar-refractivity contribution in [3.05, 3.63) is 46.0 Å². The average molecular weight is 357 g/mol. The van der Waals surface area contributed by atoms with E-state index >= 15 is 0 Å². The zero-order chi connectivity index (χ0) is 10.7. The van der Waals surface area contributed by atoms with Gasteiger partial charge in [-0.25, -0.2) is 0 Å². The number of hydrogen-bond acceptors (Lipinski definition) is 9. The van der Waals surface area contributed by atoms with Crippen LogP contribution in [0.1, 0.15) is 0 Å². The minimum absolute atomic E-state index is 0. The standard InChI is InChI=1S/Ag.Cu.3NO3/c;;3*2-1(3)4/q+1;+2;3*-1. The molecule has 14 heteroatoms. The summed E-state index contributed by atoms with van der Waals surface area (Å²) in [6.07, 6.45) is 0. The average Bonchev–Trinajstić information content (AvgIpc) is 1.54. The van der Waals surface area contributed by atoms with Crippen molar-refractivity contribution in [1.29, 1.82) is 0 Å². The van der Waals surface area contributed by atoms with Gasteiger partial charge in [0.15, 0.2) is 0 Å². The Hall–Kier alpha value is -1.14. The Bertz CT molecular complexity index is 118. The first-order valence-electron chi connectivity index (χ1n) is 1.64. The maximum atomic E-state index is 8.25. The van der Waals surface area contributed by atoms with E-state index in [0.29, 0.717) is 0 Å². The summed E-state index contributed by atoms with van der Waals surface area (Å²) >= 11 is 0. The first-order chi connectivity index (χ1) is 5.20. The topological polar surface area (TPSA) is 199 Å². The maximum absolute atomic E-state index is 8.25. The molecule has 0 aliphatic heterocycles. The third kappa shape index (κ3) is 812. The molecule has 0 N–H and O–H groups in total. The van der Waals surface area contributed by atoms with Crippen LogP contribution >= 0.6 is 0 Å². The molecule has 0 aromatic rings. The maximum Gasteiger partial charge on any atom is 2.00 e. The second kappa shape index (κ2) is 22.6. The largest absolute Gasteiger partial charge is 2.00 e. The number of nitrogens with zero attached hydrogens (tertiary/aromatic N) is 3. The van der Waals surface area contributed by atoms with E-state index < -0.39 is 15.3 Å². The van der Waals surface area contributed by atoms with Crippen molar-refractivity contribution in [2.75, 3.05) is 0 Å². The predicted octanol–water partition coefficient (Wildman–Crippen LogP) is -0.722. The molecule has 91 valence electrons. The molecule has 0 bridgehead atoms. The second-order valence-electron chi connectivity index (χ2n) is 0.671. The van der Waals surface area contributed by atoms with Gasteiger partial charge in [0.1, 0.15) is 0 Å². The summed E-state index contributed by atoms with van der Waals surface area (Å²) in [5, 5.41) is 44.2. The molecule has 0 aliphatic carbocycles. The zero-order valence-electron chi connectivity index (χ0n) is 5.62. The second-order valence-corrected chi connectivity index (χ2v) is 0.671. The fourth-order valence-corrected chi connectivity index (χ4v) is 0. The van der Waals surface area contributed by atoms with Crippen LogP contribution < -0.4 is 0 Å². The van der Waals surface area contributed by atoms with Crippen LogP contribution in [0, 0.1) is 46.0 Å². The van der Waals surface area contributed by atoms with E-state index in [9.17, 15) is 0 Å². The number of rotatable bonds is 0. The first kappa shape index (κ1) is 29.3. The van der Waals surface area contributed by atoms with E-state index in [0.717, 1.165) is 0 Å². The van der Waals surface area contributed by atoms with Gasteiger partial charge in [-0.3, -0.25) is 0 Å². The molecule has 0 rings (SSSR count). The van der Waals surface area contributed by atoms with Crippen LogP contribution in [0.4, 0.5) is 0 Å². The van der Waals surface area contributed by atoms with Crippen LogP contribution in [-0.4, -0.2) is 15.3 Å². The van der Waals surface area contributed by atoms with Gasteiger partial charge in [0.25, 0.3) is 0 Å². The molecule has 0 heterocycles. The van der Waals surface area contributed by atoms with Gasteiger partial charge < -0.3 is 46.0 Å². The summed E-state index contributed by atoms with van der Waals surface area (Å²) in [6, 6.07) is 0. The van der Waals surface area contributed by atoms with Gasteiger partial charge in [0.2, 0.25) is 0 Å². The van der Waals surface area contributed by atoms with Crippen LogP contribution in [-0.2, 0) is 39.4 Å². The molecule has 0 unspecified atom stereocenters. The molecular formula is AgCuN3O9. The molecule has 0 aromatic heterocycles. The summed E-state index contributed by atoms with van der Waals surface area (Å²) < 4.78 is 0. The van der Waals surface area contributed by atoms with E-state index in [1.807, 2.05) is 0 Å². The summed E-state index contributed by atoms with van der Waals surface area (Å²) in [4.78, 5) is 24.8. The molecule has 0 aliphatic rings. The van der Waals surface area contributed by atoms with Gasteiger partial charge in [-0.1, -0.05) is 0 Å². The Morgan fingerprint density at radius 3 is 0.571 bits per heavy atom. The van der Waals surface area contributed by atoms with Crippen molar-refractivity contribution >= 4 is 0 Å². The molecule has 0 atom stereocenters. The van der Waals surface area contributed by atoms with Gasteiger partial charge in [-0.05, 0) is 0 Å². The minimum Gasteiger partial charge on any atom is -0.356 e. The monoisotopic (exact) mass is 356 g/mol. The van der Waals surface area contributed by atoms with Crippen molar-refractivity contribution < 1.29 is 54.7 Å². The van der Waals surface area contributed by atoms with Crippen molar-refractivity contribution in [2.24, 2.45) is 0 Å². The van der Waals surface area contributed by atoms with E-state index in [2.05, 4.69) is 0 Å². The normalized spacial score (nSPS) is 5.14. The third-order valence-electron chi connectivity index (χ3n) is 0. The molecular weight excluding hydrogens is 357 g/mol. The zero-order valence-corrected chi connectivity index (χ0v) is 8.04. The van der Waals surface area contributed by atoms with Crippen LogP contribution in [0.5, 0.6) is 0 Å². The van der Waals surface area contributed by atoms with Crippen molar-refractivity contribution in [3.63, 3.8) is 0 Å².